The van der Waals surface area contributed by atoms with E-state index in [0.717, 1.165) is 25.0 Å². The number of aromatic nitrogens is 3. The lowest BCUT2D eigenvalue weighted by Crippen LogP contribution is -2.06. The molecule has 6 nitrogen and oxygen atoms in total. The number of rotatable bonds is 8. The number of aryl methyl sites for hydroxylation is 1. The van der Waals surface area contributed by atoms with Gasteiger partial charge in [-0.2, -0.15) is 0 Å². The lowest BCUT2D eigenvalue weighted by atomic mass is 10.2. The molecule has 0 aliphatic rings. The Balaban J connectivity index is 1.81. The fourth-order valence-electron chi connectivity index (χ4n) is 2.74. The molecule has 142 valence electrons. The molecule has 0 radical (unpaired) electrons. The van der Waals surface area contributed by atoms with E-state index < -0.39 is 9.84 Å². The summed E-state index contributed by atoms with van der Waals surface area (Å²) < 4.78 is 32.4. The SMILES string of the molecule is CCCCc1cn(-c2cccc(S(=O)(=O)Cc3ccc(OC)cc3)c2)nn1. The first-order chi connectivity index (χ1) is 13.0. The van der Waals surface area contributed by atoms with Crippen molar-refractivity contribution in [2.75, 3.05) is 7.11 Å². The van der Waals surface area contributed by atoms with Gasteiger partial charge in [-0.1, -0.05) is 36.8 Å². The Labute approximate surface area is 159 Å². The molecule has 0 spiro atoms. The third-order valence-corrected chi connectivity index (χ3v) is 5.97. The van der Waals surface area contributed by atoms with Gasteiger partial charge in [-0.3, -0.25) is 0 Å². The first kappa shape index (κ1) is 19.1. The van der Waals surface area contributed by atoms with E-state index in [1.807, 2.05) is 12.3 Å². The van der Waals surface area contributed by atoms with Crippen molar-refractivity contribution >= 4 is 9.84 Å². The molecule has 0 atom stereocenters. The van der Waals surface area contributed by atoms with Gasteiger partial charge in [0.05, 0.1) is 35.3 Å². The highest BCUT2D eigenvalue weighted by atomic mass is 32.2. The van der Waals surface area contributed by atoms with Gasteiger partial charge in [0.15, 0.2) is 9.84 Å². The maximum Gasteiger partial charge on any atom is 0.182 e. The molecule has 7 heteroatoms. The Hall–Kier alpha value is -2.67. The van der Waals surface area contributed by atoms with Crippen LogP contribution in [0.4, 0.5) is 0 Å². The van der Waals surface area contributed by atoms with E-state index in [1.165, 1.54) is 0 Å². The smallest absolute Gasteiger partial charge is 0.182 e. The molecule has 1 heterocycles. The zero-order chi connectivity index (χ0) is 19.3. The van der Waals surface area contributed by atoms with Crippen LogP contribution < -0.4 is 4.74 Å². The van der Waals surface area contributed by atoms with Crippen molar-refractivity contribution in [1.29, 1.82) is 0 Å². The maximum atomic E-state index is 12.8. The summed E-state index contributed by atoms with van der Waals surface area (Å²) in [5.74, 6) is 0.628. The van der Waals surface area contributed by atoms with Crippen LogP contribution in [0.1, 0.15) is 31.0 Å². The standard InChI is InChI=1S/C20H23N3O3S/c1-3-4-6-17-14-23(22-21-17)18-7-5-8-20(13-18)27(24,25)15-16-9-11-19(26-2)12-10-16/h5,7-14H,3-4,6,15H2,1-2H3. The number of benzene rings is 2. The van der Waals surface area contributed by atoms with Crippen LogP contribution in [0, 0.1) is 0 Å². The average molecular weight is 385 g/mol. The zero-order valence-corrected chi connectivity index (χ0v) is 16.3. The van der Waals surface area contributed by atoms with Crippen molar-refractivity contribution in [1.82, 2.24) is 15.0 Å². The van der Waals surface area contributed by atoms with Crippen molar-refractivity contribution in [3.8, 4) is 11.4 Å². The number of methoxy groups -OCH3 is 1. The van der Waals surface area contributed by atoms with Crippen LogP contribution in [-0.2, 0) is 22.0 Å². The van der Waals surface area contributed by atoms with Crippen LogP contribution in [0.3, 0.4) is 0 Å². The minimum absolute atomic E-state index is 0.0699. The molecule has 0 amide bonds. The van der Waals surface area contributed by atoms with E-state index in [-0.39, 0.29) is 10.6 Å². The third kappa shape index (κ3) is 4.74. The quantitative estimate of drug-likeness (QED) is 0.592. The second kappa shape index (κ2) is 8.35. The van der Waals surface area contributed by atoms with Crippen LogP contribution in [0.2, 0.25) is 0 Å². The second-order valence-corrected chi connectivity index (χ2v) is 8.35. The van der Waals surface area contributed by atoms with Gasteiger partial charge >= 0.3 is 0 Å². The summed E-state index contributed by atoms with van der Waals surface area (Å²) in [5.41, 5.74) is 2.30. The van der Waals surface area contributed by atoms with E-state index in [2.05, 4.69) is 17.2 Å². The molecule has 0 N–H and O–H groups in total. The van der Waals surface area contributed by atoms with Gasteiger partial charge < -0.3 is 4.74 Å². The minimum atomic E-state index is -3.47. The average Bonchev–Trinajstić information content (AvgIpc) is 3.16. The summed E-state index contributed by atoms with van der Waals surface area (Å²) in [4.78, 5) is 0.265. The van der Waals surface area contributed by atoms with Crippen molar-refractivity contribution in [3.63, 3.8) is 0 Å². The van der Waals surface area contributed by atoms with E-state index in [9.17, 15) is 8.42 Å². The van der Waals surface area contributed by atoms with E-state index in [0.29, 0.717) is 17.0 Å². The van der Waals surface area contributed by atoms with Crippen LogP contribution in [0.5, 0.6) is 5.75 Å². The largest absolute Gasteiger partial charge is 0.497 e. The summed E-state index contributed by atoms with van der Waals surface area (Å²) in [7, 11) is -1.89. The molecule has 2 aromatic carbocycles. The molecule has 0 aliphatic carbocycles. The van der Waals surface area contributed by atoms with Crippen molar-refractivity contribution in [2.24, 2.45) is 0 Å². The molecule has 0 saturated carbocycles. The molecule has 0 aliphatic heterocycles. The lowest BCUT2D eigenvalue weighted by Gasteiger charge is -2.08. The van der Waals surface area contributed by atoms with E-state index >= 15 is 0 Å². The highest BCUT2D eigenvalue weighted by Crippen LogP contribution is 2.21. The van der Waals surface area contributed by atoms with Crippen LogP contribution in [0.15, 0.2) is 59.6 Å². The van der Waals surface area contributed by atoms with Crippen molar-refractivity contribution in [3.05, 3.63) is 66.0 Å². The van der Waals surface area contributed by atoms with Crippen molar-refractivity contribution in [2.45, 2.75) is 36.8 Å². The van der Waals surface area contributed by atoms with Crippen LogP contribution in [0.25, 0.3) is 5.69 Å². The molecule has 3 aromatic rings. The molecule has 27 heavy (non-hydrogen) atoms. The Kier molecular flexibility index (Phi) is 5.91. The first-order valence-corrected chi connectivity index (χ1v) is 10.5. The summed E-state index contributed by atoms with van der Waals surface area (Å²) in [5, 5.41) is 8.28. The summed E-state index contributed by atoms with van der Waals surface area (Å²) in [6.07, 6.45) is 4.86. The predicted molar refractivity (Wildman–Crippen MR) is 104 cm³/mol. The number of hydrogen-bond acceptors (Lipinski definition) is 5. The highest BCUT2D eigenvalue weighted by Gasteiger charge is 2.16. The number of unbranched alkanes of at least 4 members (excludes halogenated alkanes) is 1. The number of ether oxygens (including phenoxy) is 1. The normalized spacial score (nSPS) is 11.5. The molecule has 0 fully saturated rings. The number of hydrogen-bond donors (Lipinski definition) is 0. The van der Waals surface area contributed by atoms with Gasteiger partial charge in [-0.25, -0.2) is 13.1 Å². The summed E-state index contributed by atoms with van der Waals surface area (Å²) in [6, 6.07) is 13.8. The Morgan fingerprint density at radius 2 is 1.89 bits per heavy atom. The fourth-order valence-corrected chi connectivity index (χ4v) is 4.13. The van der Waals surface area contributed by atoms with Gasteiger partial charge in [0.2, 0.25) is 0 Å². The Morgan fingerprint density at radius 1 is 1.11 bits per heavy atom. The predicted octanol–water partition coefficient (Wildman–Crippen LogP) is 3.59. The Morgan fingerprint density at radius 3 is 2.59 bits per heavy atom. The number of nitrogens with zero attached hydrogens (tertiary/aromatic N) is 3. The van der Waals surface area contributed by atoms with Gasteiger partial charge in [-0.05, 0) is 48.7 Å². The Bertz CT molecular complexity index is 995. The minimum Gasteiger partial charge on any atom is -0.497 e. The van der Waals surface area contributed by atoms with Gasteiger partial charge in [0, 0.05) is 0 Å². The van der Waals surface area contributed by atoms with Gasteiger partial charge in [0.25, 0.3) is 0 Å². The number of sulfone groups is 1. The van der Waals surface area contributed by atoms with Crippen LogP contribution in [-0.4, -0.2) is 30.5 Å². The van der Waals surface area contributed by atoms with E-state index in [1.54, 1.807) is 54.3 Å². The molecule has 0 saturated heterocycles. The van der Waals surface area contributed by atoms with E-state index in [4.69, 9.17) is 4.74 Å². The molecule has 0 unspecified atom stereocenters. The molecule has 3 rings (SSSR count). The first-order valence-electron chi connectivity index (χ1n) is 8.89. The highest BCUT2D eigenvalue weighted by molar-refractivity contribution is 7.90. The zero-order valence-electron chi connectivity index (χ0n) is 15.5. The third-order valence-electron chi connectivity index (χ3n) is 4.28. The molecule has 0 bridgehead atoms. The fraction of sp³-hybridized carbons (Fsp3) is 0.300. The van der Waals surface area contributed by atoms with Gasteiger partial charge in [-0.15, -0.1) is 5.10 Å². The summed E-state index contributed by atoms with van der Waals surface area (Å²) >= 11 is 0. The van der Waals surface area contributed by atoms with Crippen molar-refractivity contribution < 1.29 is 13.2 Å². The summed E-state index contributed by atoms with van der Waals surface area (Å²) in [6.45, 7) is 2.13. The maximum absolute atomic E-state index is 12.8. The second-order valence-electron chi connectivity index (χ2n) is 6.36. The monoisotopic (exact) mass is 385 g/mol. The lowest BCUT2D eigenvalue weighted by molar-refractivity contribution is 0.414. The topological polar surface area (TPSA) is 74.1 Å². The molecule has 1 aromatic heterocycles. The molecular weight excluding hydrogens is 362 g/mol. The van der Waals surface area contributed by atoms with Crippen LogP contribution >= 0.6 is 0 Å². The molecular formula is C20H23N3O3S. The van der Waals surface area contributed by atoms with Gasteiger partial charge in [0.1, 0.15) is 5.75 Å².